The van der Waals surface area contributed by atoms with Crippen molar-refractivity contribution in [2.45, 2.75) is 37.8 Å². The summed E-state index contributed by atoms with van der Waals surface area (Å²) in [4.78, 5) is 0. The van der Waals surface area contributed by atoms with Crippen molar-refractivity contribution in [1.82, 2.24) is 0 Å². The highest BCUT2D eigenvalue weighted by molar-refractivity contribution is 5.72. The fourth-order valence-electron chi connectivity index (χ4n) is 3.56. The van der Waals surface area contributed by atoms with E-state index in [-0.39, 0.29) is 5.75 Å². The summed E-state index contributed by atoms with van der Waals surface area (Å²) in [7, 11) is 1.51. The Kier molecular flexibility index (Phi) is 4.05. The molecule has 0 aromatic heterocycles. The minimum Gasteiger partial charge on any atom is -0.508 e. The number of hydrogen-bond donors (Lipinski definition) is 3. The second kappa shape index (κ2) is 6.18. The van der Waals surface area contributed by atoms with Crippen LogP contribution in [0, 0.1) is 0 Å². The molecule has 6 heteroatoms. The molecule has 2 aromatic rings. The molecule has 2 aliphatic rings. The Morgan fingerprint density at radius 2 is 1.78 bits per heavy atom. The van der Waals surface area contributed by atoms with Gasteiger partial charge in [-0.15, -0.1) is 0 Å². The van der Waals surface area contributed by atoms with Gasteiger partial charge in [0.1, 0.15) is 40.8 Å². The summed E-state index contributed by atoms with van der Waals surface area (Å²) in [6.07, 6.45) is 0.622. The first kappa shape index (κ1) is 17.7. The molecule has 0 aliphatic carbocycles. The lowest BCUT2D eigenvalue weighted by molar-refractivity contribution is -0.0711. The molecule has 0 saturated carbocycles. The summed E-state index contributed by atoms with van der Waals surface area (Å²) in [6, 6.07) is 8.05. The molecule has 27 heavy (non-hydrogen) atoms. The van der Waals surface area contributed by atoms with Crippen molar-refractivity contribution in [3.05, 3.63) is 53.1 Å². The SMILES string of the molecule is COc1c2c(cc3c1[C@H](O)[C@H](O)[C@@H](c1ccc(O)cc1)O3)OC(C)(C)C=C2. The Hall–Kier alpha value is -2.70. The third kappa shape index (κ3) is 2.91. The average Bonchev–Trinajstić information content (AvgIpc) is 2.63. The molecule has 0 fully saturated rings. The molecule has 6 nitrogen and oxygen atoms in total. The van der Waals surface area contributed by atoms with E-state index < -0.39 is 23.9 Å². The Morgan fingerprint density at radius 3 is 2.44 bits per heavy atom. The van der Waals surface area contributed by atoms with Crippen molar-refractivity contribution in [2.24, 2.45) is 0 Å². The van der Waals surface area contributed by atoms with Gasteiger partial charge in [-0.3, -0.25) is 0 Å². The number of aliphatic hydroxyl groups excluding tert-OH is 2. The van der Waals surface area contributed by atoms with Crippen LogP contribution in [0.3, 0.4) is 0 Å². The Balaban J connectivity index is 1.83. The number of phenols is 1. The molecule has 2 aliphatic heterocycles. The quantitative estimate of drug-likeness (QED) is 0.753. The Bertz CT molecular complexity index is 900. The molecule has 0 spiro atoms. The van der Waals surface area contributed by atoms with Gasteiger partial charge in [-0.1, -0.05) is 12.1 Å². The van der Waals surface area contributed by atoms with E-state index in [1.54, 1.807) is 18.2 Å². The zero-order valence-electron chi connectivity index (χ0n) is 15.3. The first-order chi connectivity index (χ1) is 12.8. The number of aliphatic hydroxyl groups is 2. The fourth-order valence-corrected chi connectivity index (χ4v) is 3.56. The topological polar surface area (TPSA) is 88.4 Å². The maximum absolute atomic E-state index is 10.8. The van der Waals surface area contributed by atoms with Crippen molar-refractivity contribution < 1.29 is 29.5 Å². The van der Waals surface area contributed by atoms with E-state index in [9.17, 15) is 15.3 Å². The largest absolute Gasteiger partial charge is 0.508 e. The summed E-state index contributed by atoms with van der Waals surface area (Å²) >= 11 is 0. The van der Waals surface area contributed by atoms with E-state index in [0.29, 0.717) is 33.9 Å². The van der Waals surface area contributed by atoms with E-state index in [2.05, 4.69) is 0 Å². The highest BCUT2D eigenvalue weighted by atomic mass is 16.5. The first-order valence-corrected chi connectivity index (χ1v) is 8.75. The zero-order valence-corrected chi connectivity index (χ0v) is 15.3. The highest BCUT2D eigenvalue weighted by Gasteiger charge is 2.41. The fraction of sp³-hybridized carbons (Fsp3) is 0.333. The van der Waals surface area contributed by atoms with Gasteiger partial charge in [0.15, 0.2) is 6.10 Å². The van der Waals surface area contributed by atoms with Crippen LogP contribution in [0.25, 0.3) is 6.08 Å². The average molecular weight is 370 g/mol. The van der Waals surface area contributed by atoms with Gasteiger partial charge in [0.25, 0.3) is 0 Å². The molecule has 0 bridgehead atoms. The van der Waals surface area contributed by atoms with Crippen LogP contribution in [-0.4, -0.2) is 34.1 Å². The molecule has 142 valence electrons. The van der Waals surface area contributed by atoms with Crippen molar-refractivity contribution in [3.63, 3.8) is 0 Å². The summed E-state index contributed by atoms with van der Waals surface area (Å²) in [5.74, 6) is 1.52. The lowest BCUT2D eigenvalue weighted by atomic mass is 9.89. The molecule has 3 N–H and O–H groups in total. The van der Waals surface area contributed by atoms with Gasteiger partial charge in [-0.2, -0.15) is 0 Å². The van der Waals surface area contributed by atoms with Crippen molar-refractivity contribution in [3.8, 4) is 23.0 Å². The predicted molar refractivity (Wildman–Crippen MR) is 99.2 cm³/mol. The summed E-state index contributed by atoms with van der Waals surface area (Å²) in [5, 5.41) is 31.0. The molecule has 4 rings (SSSR count). The normalized spacial score (nSPS) is 25.0. The monoisotopic (exact) mass is 370 g/mol. The smallest absolute Gasteiger partial charge is 0.152 e. The van der Waals surface area contributed by atoms with Crippen molar-refractivity contribution in [1.29, 1.82) is 0 Å². The lowest BCUT2D eigenvalue weighted by Gasteiger charge is -2.37. The molecular weight excluding hydrogens is 348 g/mol. The minimum absolute atomic E-state index is 0.114. The van der Waals surface area contributed by atoms with Crippen LogP contribution < -0.4 is 14.2 Å². The van der Waals surface area contributed by atoms with E-state index in [4.69, 9.17) is 14.2 Å². The summed E-state index contributed by atoms with van der Waals surface area (Å²) in [6.45, 7) is 3.88. The van der Waals surface area contributed by atoms with Gasteiger partial charge in [0.2, 0.25) is 0 Å². The van der Waals surface area contributed by atoms with Crippen LogP contribution in [0.15, 0.2) is 36.4 Å². The summed E-state index contributed by atoms with van der Waals surface area (Å²) < 4.78 is 17.6. The van der Waals surface area contributed by atoms with Gasteiger partial charge in [0.05, 0.1) is 18.2 Å². The number of methoxy groups -OCH3 is 1. The number of aromatic hydroxyl groups is 1. The van der Waals surface area contributed by atoms with Gasteiger partial charge in [-0.05, 0) is 43.7 Å². The van der Waals surface area contributed by atoms with Crippen LogP contribution in [0.5, 0.6) is 23.0 Å². The first-order valence-electron chi connectivity index (χ1n) is 8.75. The van der Waals surface area contributed by atoms with Crippen molar-refractivity contribution >= 4 is 6.08 Å². The van der Waals surface area contributed by atoms with Gasteiger partial charge in [0, 0.05) is 6.07 Å². The Labute approximate surface area is 157 Å². The Morgan fingerprint density at radius 1 is 1.07 bits per heavy atom. The second-order valence-corrected chi connectivity index (χ2v) is 7.34. The molecule has 0 unspecified atom stereocenters. The second-order valence-electron chi connectivity index (χ2n) is 7.34. The number of benzene rings is 2. The van der Waals surface area contributed by atoms with Crippen molar-refractivity contribution in [2.75, 3.05) is 7.11 Å². The third-order valence-corrected chi connectivity index (χ3v) is 4.92. The highest BCUT2D eigenvalue weighted by Crippen LogP contribution is 2.51. The standard InChI is InChI=1S/C21H22O6/c1-21(2)9-8-13-14(27-21)10-15-16(20(13)25-3)17(23)18(24)19(26-15)11-4-6-12(22)7-5-11/h4-10,17-19,22-24H,1-3H3/t17-,18-,19+/m0/s1. The maximum atomic E-state index is 10.8. The molecular formula is C21H22O6. The van der Waals surface area contributed by atoms with Crippen LogP contribution in [0.2, 0.25) is 0 Å². The lowest BCUT2D eigenvalue weighted by Crippen LogP contribution is -2.35. The number of phenolic OH excluding ortho intramolecular Hbond substituents is 1. The summed E-state index contributed by atoms with van der Waals surface area (Å²) in [5.41, 5.74) is 1.26. The maximum Gasteiger partial charge on any atom is 0.152 e. The number of ether oxygens (including phenoxy) is 3. The number of hydrogen-bond acceptors (Lipinski definition) is 6. The van der Waals surface area contributed by atoms with E-state index in [0.717, 1.165) is 0 Å². The predicted octanol–water partition coefficient (Wildman–Crippen LogP) is 3.11. The third-order valence-electron chi connectivity index (χ3n) is 4.92. The van der Waals surface area contributed by atoms with E-state index >= 15 is 0 Å². The van der Waals surface area contributed by atoms with Gasteiger partial charge in [-0.25, -0.2) is 0 Å². The number of rotatable bonds is 2. The molecule has 0 saturated heterocycles. The zero-order chi connectivity index (χ0) is 19.3. The van der Waals surface area contributed by atoms with Gasteiger partial charge < -0.3 is 29.5 Å². The molecule has 2 aromatic carbocycles. The van der Waals surface area contributed by atoms with Crippen LogP contribution in [-0.2, 0) is 0 Å². The molecule has 2 heterocycles. The van der Waals surface area contributed by atoms with E-state index in [1.165, 1.54) is 19.2 Å². The number of fused-ring (bicyclic) bond motifs is 2. The molecule has 0 amide bonds. The molecule has 0 radical (unpaired) electrons. The van der Waals surface area contributed by atoms with Crippen LogP contribution in [0.1, 0.15) is 42.7 Å². The van der Waals surface area contributed by atoms with Crippen LogP contribution in [0.4, 0.5) is 0 Å². The molecule has 3 atom stereocenters. The minimum atomic E-state index is -1.20. The van der Waals surface area contributed by atoms with Crippen LogP contribution >= 0.6 is 0 Å². The van der Waals surface area contributed by atoms with Gasteiger partial charge >= 0.3 is 0 Å². The van der Waals surface area contributed by atoms with E-state index in [1.807, 2.05) is 26.0 Å².